The normalized spacial score (nSPS) is 16.0. The molecule has 0 saturated carbocycles. The van der Waals surface area contributed by atoms with Gasteiger partial charge in [-0.15, -0.1) is 0 Å². The Morgan fingerprint density at radius 3 is 2.57 bits per heavy atom. The zero-order valence-corrected chi connectivity index (χ0v) is 13.9. The molecule has 1 aliphatic heterocycles. The van der Waals surface area contributed by atoms with Crippen LogP contribution in [0.15, 0.2) is 24.3 Å². The van der Waals surface area contributed by atoms with Gasteiger partial charge in [-0.05, 0) is 36.5 Å². The Hall–Kier alpha value is -1.88. The minimum atomic E-state index is -0.382. The Morgan fingerprint density at radius 2 is 2.00 bits per heavy atom. The lowest BCUT2D eigenvalue weighted by Gasteiger charge is -2.16. The molecule has 1 aromatic rings. The lowest BCUT2D eigenvalue weighted by atomic mass is 10.0. The molecule has 126 valence electrons. The van der Waals surface area contributed by atoms with E-state index in [1.165, 1.54) is 0 Å². The Morgan fingerprint density at radius 1 is 1.30 bits per heavy atom. The summed E-state index contributed by atoms with van der Waals surface area (Å²) in [5.41, 5.74) is 1.82. The van der Waals surface area contributed by atoms with E-state index in [4.69, 9.17) is 0 Å². The lowest BCUT2D eigenvalue weighted by molar-refractivity contribution is -0.120. The molecule has 1 atom stereocenters. The monoisotopic (exact) mass is 318 g/mol. The van der Waals surface area contributed by atoms with Crippen molar-refractivity contribution < 1.29 is 14.7 Å². The van der Waals surface area contributed by atoms with E-state index in [-0.39, 0.29) is 23.8 Å². The standard InChI is InChI=1S/C18H26N2O3/c1-13(2)16(21)9-10-19-17(22)12-14-5-7-15(8-6-14)20-11-3-4-18(20)23/h5-8,13,16,21H,3-4,9-12H2,1-2H3,(H,19,22). The van der Waals surface area contributed by atoms with Crippen LogP contribution in [0.5, 0.6) is 0 Å². The molecule has 2 amide bonds. The van der Waals surface area contributed by atoms with Crippen LogP contribution in [-0.2, 0) is 16.0 Å². The van der Waals surface area contributed by atoms with Crippen LogP contribution < -0.4 is 10.2 Å². The Labute approximate surface area is 137 Å². The van der Waals surface area contributed by atoms with Gasteiger partial charge >= 0.3 is 0 Å². The number of hydrogen-bond donors (Lipinski definition) is 2. The molecule has 1 aliphatic rings. The fourth-order valence-corrected chi connectivity index (χ4v) is 2.66. The highest BCUT2D eigenvalue weighted by molar-refractivity contribution is 5.95. The Bertz CT molecular complexity index is 540. The summed E-state index contributed by atoms with van der Waals surface area (Å²) in [4.78, 5) is 25.4. The number of aliphatic hydroxyl groups is 1. The SMILES string of the molecule is CC(C)C(O)CCNC(=O)Cc1ccc(N2CCCC2=O)cc1. The summed E-state index contributed by atoms with van der Waals surface area (Å²) >= 11 is 0. The van der Waals surface area contributed by atoms with E-state index in [1.54, 1.807) is 4.90 Å². The van der Waals surface area contributed by atoms with Gasteiger partial charge in [0.2, 0.25) is 11.8 Å². The van der Waals surface area contributed by atoms with E-state index in [2.05, 4.69) is 5.32 Å². The first kappa shape index (κ1) is 17.5. The second-order valence-electron chi connectivity index (χ2n) is 6.44. The Kier molecular flexibility index (Phi) is 6.16. The van der Waals surface area contributed by atoms with Crippen molar-refractivity contribution in [3.8, 4) is 0 Å². The van der Waals surface area contributed by atoms with Crippen molar-refractivity contribution in [3.05, 3.63) is 29.8 Å². The van der Waals surface area contributed by atoms with Crippen LogP contribution in [-0.4, -0.2) is 36.1 Å². The summed E-state index contributed by atoms with van der Waals surface area (Å²) < 4.78 is 0. The van der Waals surface area contributed by atoms with Gasteiger partial charge in [-0.1, -0.05) is 26.0 Å². The van der Waals surface area contributed by atoms with Gasteiger partial charge in [0, 0.05) is 25.2 Å². The van der Waals surface area contributed by atoms with Crippen LogP contribution in [0.3, 0.4) is 0 Å². The molecule has 1 saturated heterocycles. The van der Waals surface area contributed by atoms with Gasteiger partial charge in [0.15, 0.2) is 0 Å². The number of aliphatic hydroxyl groups excluding tert-OH is 1. The third kappa shape index (κ3) is 5.06. The number of carbonyl (C=O) groups is 2. The molecule has 1 unspecified atom stereocenters. The molecule has 0 radical (unpaired) electrons. The van der Waals surface area contributed by atoms with Gasteiger partial charge in [0.05, 0.1) is 12.5 Å². The molecular weight excluding hydrogens is 292 g/mol. The fourth-order valence-electron chi connectivity index (χ4n) is 2.66. The number of nitrogens with one attached hydrogen (secondary N) is 1. The average Bonchev–Trinajstić information content (AvgIpc) is 2.94. The molecule has 0 spiro atoms. The predicted molar refractivity (Wildman–Crippen MR) is 90.2 cm³/mol. The number of anilines is 1. The molecule has 2 N–H and O–H groups in total. The molecule has 1 aromatic carbocycles. The van der Waals surface area contributed by atoms with Gasteiger partial charge in [-0.25, -0.2) is 0 Å². The van der Waals surface area contributed by atoms with Gasteiger partial charge in [-0.2, -0.15) is 0 Å². The van der Waals surface area contributed by atoms with Crippen molar-refractivity contribution in [2.24, 2.45) is 5.92 Å². The van der Waals surface area contributed by atoms with Gasteiger partial charge in [0.1, 0.15) is 0 Å². The van der Waals surface area contributed by atoms with Crippen LogP contribution in [0.1, 0.15) is 38.7 Å². The molecule has 23 heavy (non-hydrogen) atoms. The van der Waals surface area contributed by atoms with E-state index in [0.29, 0.717) is 25.8 Å². The lowest BCUT2D eigenvalue weighted by Crippen LogP contribution is -2.29. The third-order valence-electron chi connectivity index (χ3n) is 4.22. The summed E-state index contributed by atoms with van der Waals surface area (Å²) in [7, 11) is 0. The van der Waals surface area contributed by atoms with Crippen molar-refractivity contribution in [2.45, 2.75) is 45.6 Å². The zero-order valence-electron chi connectivity index (χ0n) is 13.9. The summed E-state index contributed by atoms with van der Waals surface area (Å²) in [6, 6.07) is 7.58. The zero-order chi connectivity index (χ0) is 16.8. The summed E-state index contributed by atoms with van der Waals surface area (Å²) in [6.07, 6.45) is 2.02. The number of rotatable bonds is 7. The van der Waals surface area contributed by atoms with Crippen molar-refractivity contribution in [1.29, 1.82) is 0 Å². The largest absolute Gasteiger partial charge is 0.393 e. The highest BCUT2D eigenvalue weighted by Crippen LogP contribution is 2.21. The fraction of sp³-hybridized carbons (Fsp3) is 0.556. The first-order chi connectivity index (χ1) is 11.0. The van der Waals surface area contributed by atoms with Crippen molar-refractivity contribution in [3.63, 3.8) is 0 Å². The minimum Gasteiger partial charge on any atom is -0.393 e. The number of nitrogens with zero attached hydrogens (tertiary/aromatic N) is 1. The molecule has 5 heteroatoms. The van der Waals surface area contributed by atoms with Gasteiger partial charge in [0.25, 0.3) is 0 Å². The highest BCUT2D eigenvalue weighted by atomic mass is 16.3. The maximum absolute atomic E-state index is 11.9. The molecule has 0 aromatic heterocycles. The number of hydrogen-bond acceptors (Lipinski definition) is 3. The molecule has 2 rings (SSSR count). The van der Waals surface area contributed by atoms with Crippen molar-refractivity contribution >= 4 is 17.5 Å². The second-order valence-corrected chi connectivity index (χ2v) is 6.44. The number of benzene rings is 1. The van der Waals surface area contributed by atoms with Crippen LogP contribution in [0, 0.1) is 5.92 Å². The van der Waals surface area contributed by atoms with Gasteiger partial charge in [-0.3, -0.25) is 9.59 Å². The topological polar surface area (TPSA) is 69.6 Å². The van der Waals surface area contributed by atoms with E-state index in [9.17, 15) is 14.7 Å². The quantitative estimate of drug-likeness (QED) is 0.806. The second kappa shape index (κ2) is 8.11. The number of amides is 2. The highest BCUT2D eigenvalue weighted by Gasteiger charge is 2.21. The summed E-state index contributed by atoms with van der Waals surface area (Å²) in [6.45, 7) is 5.17. The van der Waals surface area contributed by atoms with Crippen LogP contribution >= 0.6 is 0 Å². The van der Waals surface area contributed by atoms with Crippen LogP contribution in [0.4, 0.5) is 5.69 Å². The Balaban J connectivity index is 1.79. The van der Waals surface area contributed by atoms with Crippen LogP contribution in [0.25, 0.3) is 0 Å². The molecule has 5 nitrogen and oxygen atoms in total. The predicted octanol–water partition coefficient (Wildman–Crippen LogP) is 1.88. The van der Waals surface area contributed by atoms with Crippen LogP contribution in [0.2, 0.25) is 0 Å². The molecule has 0 aliphatic carbocycles. The van der Waals surface area contributed by atoms with E-state index in [1.807, 2.05) is 38.1 Å². The van der Waals surface area contributed by atoms with Gasteiger partial charge < -0.3 is 15.3 Å². The third-order valence-corrected chi connectivity index (χ3v) is 4.22. The van der Waals surface area contributed by atoms with E-state index in [0.717, 1.165) is 24.2 Å². The first-order valence-electron chi connectivity index (χ1n) is 8.31. The number of carbonyl (C=O) groups excluding carboxylic acids is 2. The molecule has 1 fully saturated rings. The van der Waals surface area contributed by atoms with Crippen molar-refractivity contribution in [2.75, 3.05) is 18.0 Å². The molecule has 1 heterocycles. The van der Waals surface area contributed by atoms with E-state index >= 15 is 0 Å². The summed E-state index contributed by atoms with van der Waals surface area (Å²) in [5.74, 6) is 0.318. The summed E-state index contributed by atoms with van der Waals surface area (Å²) in [5, 5.41) is 12.5. The van der Waals surface area contributed by atoms with Crippen molar-refractivity contribution in [1.82, 2.24) is 5.32 Å². The smallest absolute Gasteiger partial charge is 0.227 e. The minimum absolute atomic E-state index is 0.0500. The molecule has 0 bridgehead atoms. The molecular formula is C18H26N2O3. The maximum Gasteiger partial charge on any atom is 0.227 e. The maximum atomic E-state index is 11.9. The average molecular weight is 318 g/mol. The first-order valence-corrected chi connectivity index (χ1v) is 8.31. The van der Waals surface area contributed by atoms with E-state index < -0.39 is 0 Å².